The van der Waals surface area contributed by atoms with E-state index in [-0.39, 0.29) is 12.3 Å². The molecular formula is C18H28N2O4. The molecule has 0 aromatic heterocycles. The number of rotatable bonds is 12. The smallest absolute Gasteiger partial charge is 0.338 e. The summed E-state index contributed by atoms with van der Waals surface area (Å²) in [6, 6.07) is 5.83. The van der Waals surface area contributed by atoms with Crippen LogP contribution >= 0.6 is 0 Å². The Morgan fingerprint density at radius 3 is 2.50 bits per heavy atom. The van der Waals surface area contributed by atoms with Crippen LogP contribution in [0.15, 0.2) is 24.3 Å². The largest absolute Gasteiger partial charge is 0.461 e. The number of nitrogens with zero attached hydrogens (tertiary/aromatic N) is 1. The molecular weight excluding hydrogens is 308 g/mol. The fourth-order valence-corrected chi connectivity index (χ4v) is 2.41. The summed E-state index contributed by atoms with van der Waals surface area (Å²) < 4.78 is 5.17. The number of non-ortho nitro benzene ring substituents is 1. The van der Waals surface area contributed by atoms with Gasteiger partial charge in [-0.3, -0.25) is 10.1 Å². The molecule has 24 heavy (non-hydrogen) atoms. The Morgan fingerprint density at radius 2 is 1.88 bits per heavy atom. The molecule has 0 unspecified atom stereocenters. The van der Waals surface area contributed by atoms with E-state index < -0.39 is 10.9 Å². The zero-order valence-electron chi connectivity index (χ0n) is 14.6. The standard InChI is InChI=1S/C18H28N2O4/c1-3-4-5-6-7-8-15(2)19-13-14-24-18(21)16-9-11-17(12-10-16)20(22)23/h9-12,15,19H,3-8,13-14H2,1-2H3/t15-/m0/s1. The van der Waals surface area contributed by atoms with Crippen LogP contribution in [0.5, 0.6) is 0 Å². The lowest BCUT2D eigenvalue weighted by atomic mass is 10.1. The Morgan fingerprint density at radius 1 is 1.21 bits per heavy atom. The van der Waals surface area contributed by atoms with E-state index in [0.29, 0.717) is 18.2 Å². The van der Waals surface area contributed by atoms with Gasteiger partial charge in [0.25, 0.3) is 5.69 Å². The maximum Gasteiger partial charge on any atom is 0.338 e. The number of benzene rings is 1. The molecule has 1 atom stereocenters. The van der Waals surface area contributed by atoms with Crippen LogP contribution in [-0.2, 0) is 4.74 Å². The number of ether oxygens (including phenoxy) is 1. The molecule has 0 spiro atoms. The lowest BCUT2D eigenvalue weighted by Crippen LogP contribution is -2.30. The molecule has 1 aromatic carbocycles. The fraction of sp³-hybridized carbons (Fsp3) is 0.611. The van der Waals surface area contributed by atoms with Crippen molar-refractivity contribution < 1.29 is 14.5 Å². The minimum atomic E-state index is -0.497. The van der Waals surface area contributed by atoms with Crippen molar-refractivity contribution in [2.75, 3.05) is 13.2 Å². The van der Waals surface area contributed by atoms with Crippen molar-refractivity contribution in [3.63, 3.8) is 0 Å². The quantitative estimate of drug-likeness (QED) is 0.269. The summed E-state index contributed by atoms with van der Waals surface area (Å²) in [5.41, 5.74) is 0.283. The highest BCUT2D eigenvalue weighted by molar-refractivity contribution is 5.89. The first-order valence-corrected chi connectivity index (χ1v) is 8.69. The van der Waals surface area contributed by atoms with E-state index in [4.69, 9.17) is 4.74 Å². The number of nitro groups is 1. The van der Waals surface area contributed by atoms with Crippen molar-refractivity contribution in [2.45, 2.75) is 58.4 Å². The highest BCUT2D eigenvalue weighted by atomic mass is 16.6. The van der Waals surface area contributed by atoms with Gasteiger partial charge in [0.15, 0.2) is 0 Å². The molecule has 0 heterocycles. The van der Waals surface area contributed by atoms with Gasteiger partial charge in [0.1, 0.15) is 6.61 Å². The van der Waals surface area contributed by atoms with Gasteiger partial charge in [-0.1, -0.05) is 39.0 Å². The van der Waals surface area contributed by atoms with E-state index in [9.17, 15) is 14.9 Å². The summed E-state index contributed by atoms with van der Waals surface area (Å²) in [7, 11) is 0. The predicted molar refractivity (Wildman–Crippen MR) is 94.2 cm³/mol. The van der Waals surface area contributed by atoms with Crippen LogP contribution in [0.1, 0.15) is 62.7 Å². The van der Waals surface area contributed by atoms with E-state index in [1.54, 1.807) is 0 Å². The molecule has 0 amide bonds. The predicted octanol–water partition coefficient (Wildman–Crippen LogP) is 4.09. The van der Waals surface area contributed by atoms with Crippen LogP contribution in [0, 0.1) is 10.1 Å². The number of hydrogen-bond acceptors (Lipinski definition) is 5. The molecule has 6 nitrogen and oxygen atoms in total. The number of unbranched alkanes of at least 4 members (excludes halogenated alkanes) is 4. The molecule has 0 saturated carbocycles. The molecule has 0 aliphatic rings. The molecule has 0 saturated heterocycles. The van der Waals surface area contributed by atoms with Gasteiger partial charge in [-0.2, -0.15) is 0 Å². The average molecular weight is 336 g/mol. The van der Waals surface area contributed by atoms with E-state index in [1.165, 1.54) is 56.4 Å². The van der Waals surface area contributed by atoms with Crippen LogP contribution in [0.2, 0.25) is 0 Å². The van der Waals surface area contributed by atoms with Gasteiger partial charge < -0.3 is 10.1 Å². The molecule has 0 aliphatic heterocycles. The SMILES string of the molecule is CCCCCCC[C@H](C)NCCOC(=O)c1ccc([N+](=O)[O-])cc1. The summed E-state index contributed by atoms with van der Waals surface area (Å²) in [5.74, 6) is -0.459. The van der Waals surface area contributed by atoms with E-state index in [0.717, 1.165) is 6.42 Å². The van der Waals surface area contributed by atoms with Gasteiger partial charge in [0.2, 0.25) is 0 Å². The number of carbonyl (C=O) groups excluding carboxylic acids is 1. The number of nitro benzene ring substituents is 1. The highest BCUT2D eigenvalue weighted by Crippen LogP contribution is 2.12. The Labute approximate surface area is 143 Å². The zero-order valence-corrected chi connectivity index (χ0v) is 14.6. The normalized spacial score (nSPS) is 11.9. The Balaban J connectivity index is 2.15. The molecule has 0 radical (unpaired) electrons. The summed E-state index contributed by atoms with van der Waals surface area (Å²) in [4.78, 5) is 21.9. The van der Waals surface area contributed by atoms with Crippen molar-refractivity contribution in [1.29, 1.82) is 0 Å². The molecule has 1 aromatic rings. The molecule has 6 heteroatoms. The highest BCUT2D eigenvalue weighted by Gasteiger charge is 2.10. The lowest BCUT2D eigenvalue weighted by Gasteiger charge is -2.13. The molecule has 0 fully saturated rings. The number of hydrogen-bond donors (Lipinski definition) is 1. The van der Waals surface area contributed by atoms with Gasteiger partial charge in [0, 0.05) is 24.7 Å². The first-order valence-electron chi connectivity index (χ1n) is 8.69. The van der Waals surface area contributed by atoms with E-state index >= 15 is 0 Å². The van der Waals surface area contributed by atoms with E-state index in [1.807, 2.05) is 0 Å². The van der Waals surface area contributed by atoms with Gasteiger partial charge in [-0.15, -0.1) is 0 Å². The second kappa shape index (κ2) is 11.6. The van der Waals surface area contributed by atoms with Crippen molar-refractivity contribution in [3.8, 4) is 0 Å². The number of nitrogens with one attached hydrogen (secondary N) is 1. The molecule has 0 bridgehead atoms. The topological polar surface area (TPSA) is 81.5 Å². The lowest BCUT2D eigenvalue weighted by molar-refractivity contribution is -0.384. The third-order valence-electron chi connectivity index (χ3n) is 3.88. The van der Waals surface area contributed by atoms with Crippen molar-refractivity contribution >= 4 is 11.7 Å². The maximum atomic E-state index is 11.8. The molecule has 0 aliphatic carbocycles. The monoisotopic (exact) mass is 336 g/mol. The van der Waals surface area contributed by atoms with Crippen LogP contribution in [0.25, 0.3) is 0 Å². The minimum Gasteiger partial charge on any atom is -0.461 e. The third-order valence-corrected chi connectivity index (χ3v) is 3.88. The Kier molecular flexibility index (Phi) is 9.68. The van der Waals surface area contributed by atoms with Crippen LogP contribution in [-0.4, -0.2) is 30.1 Å². The van der Waals surface area contributed by atoms with Crippen molar-refractivity contribution in [3.05, 3.63) is 39.9 Å². The third kappa shape index (κ3) is 8.06. The first-order chi connectivity index (χ1) is 11.5. The maximum absolute atomic E-state index is 11.8. The molecule has 1 N–H and O–H groups in total. The van der Waals surface area contributed by atoms with Gasteiger partial charge >= 0.3 is 5.97 Å². The summed E-state index contributed by atoms with van der Waals surface area (Å²) in [6.07, 6.45) is 7.48. The van der Waals surface area contributed by atoms with Crippen molar-refractivity contribution in [1.82, 2.24) is 5.32 Å². The second-order valence-corrected chi connectivity index (χ2v) is 6.00. The fourth-order valence-electron chi connectivity index (χ4n) is 2.41. The van der Waals surface area contributed by atoms with Crippen LogP contribution in [0.4, 0.5) is 5.69 Å². The van der Waals surface area contributed by atoms with Gasteiger partial charge in [0.05, 0.1) is 10.5 Å². The van der Waals surface area contributed by atoms with E-state index in [2.05, 4.69) is 19.2 Å². The van der Waals surface area contributed by atoms with Gasteiger partial charge in [-0.25, -0.2) is 4.79 Å². The van der Waals surface area contributed by atoms with Crippen molar-refractivity contribution in [2.24, 2.45) is 0 Å². The summed E-state index contributed by atoms with van der Waals surface area (Å²) >= 11 is 0. The number of carbonyl (C=O) groups is 1. The second-order valence-electron chi connectivity index (χ2n) is 6.00. The first kappa shape index (κ1) is 20.1. The van der Waals surface area contributed by atoms with Crippen LogP contribution < -0.4 is 5.32 Å². The summed E-state index contributed by atoms with van der Waals surface area (Å²) in [5, 5.41) is 13.9. The average Bonchev–Trinajstić information content (AvgIpc) is 2.58. The zero-order chi connectivity index (χ0) is 17.8. The molecule has 134 valence electrons. The Bertz CT molecular complexity index is 502. The Hall–Kier alpha value is -1.95. The van der Waals surface area contributed by atoms with Gasteiger partial charge in [-0.05, 0) is 25.5 Å². The molecule has 1 rings (SSSR count). The minimum absolute atomic E-state index is 0.0408. The number of esters is 1. The summed E-state index contributed by atoms with van der Waals surface area (Å²) in [6.45, 7) is 5.24. The van der Waals surface area contributed by atoms with Crippen LogP contribution in [0.3, 0.4) is 0 Å².